The van der Waals surface area contributed by atoms with Crippen molar-refractivity contribution in [1.82, 2.24) is 9.47 Å². The van der Waals surface area contributed by atoms with E-state index in [-0.39, 0.29) is 6.09 Å². The van der Waals surface area contributed by atoms with Crippen LogP contribution in [-0.2, 0) is 11.3 Å². The number of aryl methyl sites for hydroxylation is 1. The number of hydrogen-bond acceptors (Lipinski definition) is 4. The molecule has 0 unspecified atom stereocenters. The molecule has 2 aromatic rings. The first kappa shape index (κ1) is 19.3. The minimum atomic E-state index is -0.524. The smallest absolute Gasteiger partial charge is 0.419 e. The highest BCUT2D eigenvalue weighted by molar-refractivity contribution is 5.95. The van der Waals surface area contributed by atoms with Gasteiger partial charge in [0, 0.05) is 23.7 Å². The number of hydrogen-bond donors (Lipinski definition) is 0. The molecule has 1 aliphatic heterocycles. The van der Waals surface area contributed by atoms with Crippen molar-refractivity contribution in [1.29, 1.82) is 0 Å². The number of fused-ring (bicyclic) bond motifs is 1. The first-order valence-electron chi connectivity index (χ1n) is 10.3. The highest BCUT2D eigenvalue weighted by Gasteiger charge is 2.44. The first-order valence-corrected chi connectivity index (χ1v) is 10.3. The van der Waals surface area contributed by atoms with Crippen LogP contribution in [0.1, 0.15) is 57.6 Å². The number of ether oxygens (including phenoxy) is 2. The fraction of sp³-hybridized carbons (Fsp3) is 0.609. The first-order chi connectivity index (χ1) is 13.2. The fourth-order valence-corrected chi connectivity index (χ4v) is 4.46. The van der Waals surface area contributed by atoms with Gasteiger partial charge in [-0.15, -0.1) is 0 Å². The van der Waals surface area contributed by atoms with Gasteiger partial charge in [0.1, 0.15) is 11.4 Å². The van der Waals surface area contributed by atoms with Crippen LogP contribution in [0.5, 0.6) is 5.75 Å². The maximum Gasteiger partial charge on any atom is 0.419 e. The SMILES string of the molecule is COc1cc(C)c2c(ccn2C(=O)OC(C)(C)C)c1CN1CCC2(CC1)CC2. The molecule has 0 radical (unpaired) electrons. The number of nitrogens with zero attached hydrogens (tertiary/aromatic N) is 2. The summed E-state index contributed by atoms with van der Waals surface area (Å²) in [4.78, 5) is 15.2. The number of piperidine rings is 1. The molecule has 4 rings (SSSR count). The molecule has 1 saturated carbocycles. The number of methoxy groups -OCH3 is 1. The summed E-state index contributed by atoms with van der Waals surface area (Å²) in [5.74, 6) is 0.902. The lowest BCUT2D eigenvalue weighted by molar-refractivity contribution is 0.0544. The maximum atomic E-state index is 12.7. The van der Waals surface area contributed by atoms with Gasteiger partial charge in [-0.1, -0.05) is 0 Å². The van der Waals surface area contributed by atoms with Crippen LogP contribution >= 0.6 is 0 Å². The van der Waals surface area contributed by atoms with Crippen LogP contribution < -0.4 is 4.74 Å². The average molecular weight is 385 g/mol. The molecule has 1 aromatic heterocycles. The highest BCUT2D eigenvalue weighted by atomic mass is 16.6. The van der Waals surface area contributed by atoms with Crippen LogP contribution in [0.3, 0.4) is 0 Å². The summed E-state index contributed by atoms with van der Waals surface area (Å²) >= 11 is 0. The van der Waals surface area contributed by atoms with E-state index in [1.165, 1.54) is 25.7 Å². The number of likely N-dealkylation sites (tertiary alicyclic amines) is 1. The summed E-state index contributed by atoms with van der Waals surface area (Å²) in [6.07, 6.45) is 6.93. The van der Waals surface area contributed by atoms with Gasteiger partial charge in [0.25, 0.3) is 0 Å². The zero-order valence-electron chi connectivity index (χ0n) is 17.8. The third kappa shape index (κ3) is 3.64. The van der Waals surface area contributed by atoms with Crippen molar-refractivity contribution >= 4 is 17.0 Å². The molecule has 0 N–H and O–H groups in total. The Bertz CT molecular complexity index is 893. The summed E-state index contributed by atoms with van der Waals surface area (Å²) in [6.45, 7) is 10.8. The quantitative estimate of drug-likeness (QED) is 0.737. The maximum absolute atomic E-state index is 12.7. The average Bonchev–Trinajstić information content (AvgIpc) is 3.21. The van der Waals surface area contributed by atoms with Gasteiger partial charge in [-0.25, -0.2) is 4.79 Å². The van der Waals surface area contributed by atoms with Crippen LogP contribution in [0.25, 0.3) is 10.9 Å². The molecule has 1 aliphatic carbocycles. The fourth-order valence-electron chi connectivity index (χ4n) is 4.46. The van der Waals surface area contributed by atoms with Crippen molar-refractivity contribution in [2.45, 2.75) is 65.5 Å². The van der Waals surface area contributed by atoms with Crippen LogP contribution in [0.2, 0.25) is 0 Å². The lowest BCUT2D eigenvalue weighted by atomic mass is 9.93. The van der Waals surface area contributed by atoms with Gasteiger partial charge in [-0.3, -0.25) is 9.47 Å². The normalized spacial score (nSPS) is 19.2. The third-order valence-electron chi connectivity index (χ3n) is 6.30. The van der Waals surface area contributed by atoms with E-state index >= 15 is 0 Å². The summed E-state index contributed by atoms with van der Waals surface area (Å²) in [7, 11) is 1.73. The zero-order chi connectivity index (χ0) is 20.1. The van der Waals surface area contributed by atoms with Crippen LogP contribution in [0, 0.1) is 12.3 Å². The number of benzene rings is 1. The molecule has 5 nitrogen and oxygen atoms in total. The topological polar surface area (TPSA) is 43.7 Å². The molecule has 0 atom stereocenters. The number of carbonyl (C=O) groups is 1. The van der Waals surface area contributed by atoms with Gasteiger partial charge in [0.2, 0.25) is 0 Å². The molecular formula is C23H32N2O3. The molecule has 1 aromatic carbocycles. The predicted octanol–water partition coefficient (Wildman–Crippen LogP) is 5.12. The molecule has 152 valence electrons. The molecule has 2 heterocycles. The van der Waals surface area contributed by atoms with E-state index < -0.39 is 5.60 Å². The number of carbonyl (C=O) groups excluding carboxylic acids is 1. The lowest BCUT2D eigenvalue weighted by Crippen LogP contribution is -2.34. The third-order valence-corrected chi connectivity index (χ3v) is 6.30. The molecule has 0 amide bonds. The molecule has 1 saturated heterocycles. The Kier molecular flexibility index (Phi) is 4.69. The van der Waals surface area contributed by atoms with Crippen LogP contribution in [0.4, 0.5) is 4.79 Å². The lowest BCUT2D eigenvalue weighted by Gasteiger charge is -2.32. The van der Waals surface area contributed by atoms with E-state index in [4.69, 9.17) is 9.47 Å². The summed E-state index contributed by atoms with van der Waals surface area (Å²) in [5, 5.41) is 1.08. The van der Waals surface area contributed by atoms with Crippen molar-refractivity contribution in [3.63, 3.8) is 0 Å². The zero-order valence-corrected chi connectivity index (χ0v) is 17.8. The van der Waals surface area contributed by atoms with Gasteiger partial charge in [0.15, 0.2) is 0 Å². The van der Waals surface area contributed by atoms with Crippen LogP contribution in [-0.4, -0.2) is 41.4 Å². The molecule has 1 spiro atoms. The second kappa shape index (κ2) is 6.80. The van der Waals surface area contributed by atoms with E-state index in [1.54, 1.807) is 11.7 Å². The monoisotopic (exact) mass is 384 g/mol. The standard InChI is InChI=1S/C23H32N2O3/c1-16-14-19(27-5)18(15-24-12-9-23(7-8-23)10-13-24)17-6-11-25(20(16)17)21(26)28-22(2,3)4/h6,11,14H,7-10,12-13,15H2,1-5H3. The van der Waals surface area contributed by atoms with Crippen molar-refractivity contribution in [3.8, 4) is 5.75 Å². The largest absolute Gasteiger partial charge is 0.496 e. The second-order valence-electron chi connectivity index (χ2n) is 9.58. The summed E-state index contributed by atoms with van der Waals surface area (Å²) in [6, 6.07) is 4.07. The Balaban J connectivity index is 1.67. The highest BCUT2D eigenvalue weighted by Crippen LogP contribution is 2.53. The minimum Gasteiger partial charge on any atom is -0.496 e. The second-order valence-corrected chi connectivity index (χ2v) is 9.58. The van der Waals surface area contributed by atoms with Crippen molar-refractivity contribution < 1.29 is 14.3 Å². The van der Waals surface area contributed by atoms with Crippen LogP contribution in [0.15, 0.2) is 18.3 Å². The van der Waals surface area contributed by atoms with Gasteiger partial charge in [0.05, 0.1) is 12.6 Å². The van der Waals surface area contributed by atoms with Crippen molar-refractivity contribution in [2.75, 3.05) is 20.2 Å². The Morgan fingerprint density at radius 2 is 1.86 bits per heavy atom. The van der Waals surface area contributed by atoms with Gasteiger partial charge in [-0.2, -0.15) is 0 Å². The Morgan fingerprint density at radius 1 is 1.18 bits per heavy atom. The molecule has 2 fully saturated rings. The van der Waals surface area contributed by atoms with E-state index in [0.29, 0.717) is 5.41 Å². The Morgan fingerprint density at radius 3 is 2.43 bits per heavy atom. The molecule has 2 aliphatic rings. The Hall–Kier alpha value is -2.01. The Labute approximate surface area is 167 Å². The van der Waals surface area contributed by atoms with E-state index in [2.05, 4.69) is 4.90 Å². The predicted molar refractivity (Wildman–Crippen MR) is 111 cm³/mol. The van der Waals surface area contributed by atoms with Gasteiger partial charge < -0.3 is 9.47 Å². The van der Waals surface area contributed by atoms with E-state index in [9.17, 15) is 4.79 Å². The minimum absolute atomic E-state index is 0.338. The molecule has 28 heavy (non-hydrogen) atoms. The van der Waals surface area contributed by atoms with Gasteiger partial charge in [-0.05, 0) is 89.6 Å². The van der Waals surface area contributed by atoms with Gasteiger partial charge >= 0.3 is 6.09 Å². The van der Waals surface area contributed by atoms with Crippen molar-refractivity contribution in [3.05, 3.63) is 29.5 Å². The van der Waals surface area contributed by atoms with E-state index in [0.717, 1.165) is 47.4 Å². The van der Waals surface area contributed by atoms with E-state index in [1.807, 2.05) is 46.0 Å². The number of aromatic nitrogens is 1. The molecular weight excluding hydrogens is 352 g/mol. The number of rotatable bonds is 3. The summed E-state index contributed by atoms with van der Waals surface area (Å²) < 4.78 is 13.0. The molecule has 0 bridgehead atoms. The molecule has 5 heteroatoms. The van der Waals surface area contributed by atoms with Crippen molar-refractivity contribution in [2.24, 2.45) is 5.41 Å². The summed E-state index contributed by atoms with van der Waals surface area (Å²) in [5.41, 5.74) is 3.24.